The average Bonchev–Trinajstić information content (AvgIpc) is 2.46. The van der Waals surface area contributed by atoms with Crippen molar-refractivity contribution in [1.82, 2.24) is 4.90 Å². The van der Waals surface area contributed by atoms with Crippen molar-refractivity contribution in [3.8, 4) is 5.75 Å². The number of benzene rings is 1. The van der Waals surface area contributed by atoms with Gasteiger partial charge >= 0.3 is 6.09 Å². The van der Waals surface area contributed by atoms with E-state index in [0.29, 0.717) is 19.7 Å². The van der Waals surface area contributed by atoms with Crippen molar-refractivity contribution < 1.29 is 18.7 Å². The van der Waals surface area contributed by atoms with Crippen molar-refractivity contribution in [1.29, 1.82) is 0 Å². The monoisotopic (exact) mass is 267 g/mol. The maximum absolute atomic E-state index is 13.4. The molecule has 0 bridgehead atoms. The fourth-order valence-corrected chi connectivity index (χ4v) is 2.27. The van der Waals surface area contributed by atoms with Crippen LogP contribution in [0.5, 0.6) is 5.75 Å². The zero-order valence-electron chi connectivity index (χ0n) is 11.0. The summed E-state index contributed by atoms with van der Waals surface area (Å²) in [4.78, 5) is 13.1. The molecule has 1 unspecified atom stereocenters. The zero-order chi connectivity index (χ0) is 13.7. The van der Waals surface area contributed by atoms with Gasteiger partial charge in [0.25, 0.3) is 0 Å². The Morgan fingerprint density at radius 3 is 3.00 bits per heavy atom. The minimum Gasteiger partial charge on any atom is -0.490 e. The van der Waals surface area contributed by atoms with E-state index >= 15 is 0 Å². The van der Waals surface area contributed by atoms with Crippen molar-refractivity contribution >= 4 is 6.09 Å². The predicted molar refractivity (Wildman–Crippen MR) is 68.6 cm³/mol. The Labute approximate surface area is 112 Å². The van der Waals surface area contributed by atoms with E-state index in [0.717, 1.165) is 12.8 Å². The molecule has 1 aromatic carbocycles. The normalized spacial score (nSPS) is 19.1. The van der Waals surface area contributed by atoms with Gasteiger partial charge in [-0.05, 0) is 25.0 Å². The van der Waals surface area contributed by atoms with E-state index in [9.17, 15) is 9.18 Å². The molecule has 0 radical (unpaired) electrons. The largest absolute Gasteiger partial charge is 0.490 e. The fraction of sp³-hybridized carbons (Fsp3) is 0.500. The SMILES string of the molecule is COC(=O)N1CCCC(COc2ccccc2F)C1. The van der Waals surface area contributed by atoms with Crippen LogP contribution in [0.15, 0.2) is 24.3 Å². The maximum atomic E-state index is 13.4. The number of para-hydroxylation sites is 1. The molecule has 2 rings (SSSR count). The Hall–Kier alpha value is -1.78. The molecule has 5 heteroatoms. The molecule has 1 aliphatic heterocycles. The number of ether oxygens (including phenoxy) is 2. The van der Waals surface area contributed by atoms with Gasteiger partial charge in [-0.15, -0.1) is 0 Å². The van der Waals surface area contributed by atoms with Crippen LogP contribution < -0.4 is 4.74 Å². The molecule has 19 heavy (non-hydrogen) atoms. The fourth-order valence-electron chi connectivity index (χ4n) is 2.27. The lowest BCUT2D eigenvalue weighted by Gasteiger charge is -2.31. The van der Waals surface area contributed by atoms with Crippen LogP contribution in [0.1, 0.15) is 12.8 Å². The quantitative estimate of drug-likeness (QED) is 0.845. The Balaban J connectivity index is 1.86. The first-order valence-corrected chi connectivity index (χ1v) is 6.41. The van der Waals surface area contributed by atoms with Crippen LogP contribution in [0.2, 0.25) is 0 Å². The van der Waals surface area contributed by atoms with Crippen molar-refractivity contribution in [2.45, 2.75) is 12.8 Å². The first kappa shape index (κ1) is 13.6. The van der Waals surface area contributed by atoms with Crippen molar-refractivity contribution in [3.05, 3.63) is 30.1 Å². The molecule has 104 valence electrons. The van der Waals surface area contributed by atoms with Crippen LogP contribution in [-0.4, -0.2) is 37.8 Å². The van der Waals surface area contributed by atoms with Gasteiger partial charge in [-0.25, -0.2) is 9.18 Å². The summed E-state index contributed by atoms with van der Waals surface area (Å²) in [5.74, 6) is 0.119. The molecule has 1 atom stereocenters. The number of nitrogens with zero attached hydrogens (tertiary/aromatic N) is 1. The predicted octanol–water partition coefficient (Wildman–Crippen LogP) is 2.68. The van der Waals surface area contributed by atoms with Gasteiger partial charge in [0, 0.05) is 19.0 Å². The Morgan fingerprint density at radius 2 is 2.26 bits per heavy atom. The summed E-state index contributed by atoms with van der Waals surface area (Å²) in [5.41, 5.74) is 0. The Bertz CT molecular complexity index is 438. The molecule has 1 amide bonds. The topological polar surface area (TPSA) is 38.8 Å². The summed E-state index contributed by atoms with van der Waals surface area (Å²) in [6.07, 6.45) is 1.58. The molecular formula is C14H18FNO3. The van der Waals surface area contributed by atoms with Crippen LogP contribution >= 0.6 is 0 Å². The summed E-state index contributed by atoms with van der Waals surface area (Å²) in [7, 11) is 1.38. The van der Waals surface area contributed by atoms with Gasteiger partial charge in [-0.1, -0.05) is 12.1 Å². The van der Waals surface area contributed by atoms with Gasteiger partial charge in [-0.3, -0.25) is 0 Å². The van der Waals surface area contributed by atoms with Crippen molar-refractivity contribution in [2.75, 3.05) is 26.8 Å². The van der Waals surface area contributed by atoms with Crippen LogP contribution in [-0.2, 0) is 4.74 Å². The van der Waals surface area contributed by atoms with E-state index in [1.54, 1.807) is 23.1 Å². The third-order valence-electron chi connectivity index (χ3n) is 3.26. The second kappa shape index (κ2) is 6.41. The number of piperidine rings is 1. The molecule has 0 aliphatic carbocycles. The Morgan fingerprint density at radius 1 is 1.47 bits per heavy atom. The molecule has 4 nitrogen and oxygen atoms in total. The average molecular weight is 267 g/mol. The highest BCUT2D eigenvalue weighted by Crippen LogP contribution is 2.21. The smallest absolute Gasteiger partial charge is 0.409 e. The molecular weight excluding hydrogens is 249 g/mol. The number of hydrogen-bond acceptors (Lipinski definition) is 3. The summed E-state index contributed by atoms with van der Waals surface area (Å²) < 4.78 is 23.6. The van der Waals surface area contributed by atoms with E-state index < -0.39 is 0 Å². The summed E-state index contributed by atoms with van der Waals surface area (Å²) in [6, 6.07) is 6.34. The molecule has 1 saturated heterocycles. The number of methoxy groups -OCH3 is 1. The standard InChI is InChI=1S/C14H18FNO3/c1-18-14(17)16-8-4-5-11(9-16)10-19-13-7-3-2-6-12(13)15/h2-3,6-7,11H,4-5,8-10H2,1H3. The second-order valence-electron chi connectivity index (χ2n) is 4.67. The van der Waals surface area contributed by atoms with E-state index in [4.69, 9.17) is 9.47 Å². The van der Waals surface area contributed by atoms with Crippen molar-refractivity contribution in [3.63, 3.8) is 0 Å². The van der Waals surface area contributed by atoms with Crippen molar-refractivity contribution in [2.24, 2.45) is 5.92 Å². The number of rotatable bonds is 3. The van der Waals surface area contributed by atoms with Gasteiger partial charge in [0.15, 0.2) is 11.6 Å². The summed E-state index contributed by atoms with van der Waals surface area (Å²) >= 11 is 0. The number of carbonyl (C=O) groups excluding carboxylic acids is 1. The molecule has 1 fully saturated rings. The van der Waals surface area contributed by atoms with Gasteiger partial charge < -0.3 is 14.4 Å². The summed E-state index contributed by atoms with van der Waals surface area (Å²) in [6.45, 7) is 1.72. The van der Waals surface area contributed by atoms with Crippen LogP contribution in [0.4, 0.5) is 9.18 Å². The van der Waals surface area contributed by atoms with Gasteiger partial charge in [0.2, 0.25) is 0 Å². The maximum Gasteiger partial charge on any atom is 0.409 e. The number of amides is 1. The highest BCUT2D eigenvalue weighted by molar-refractivity contribution is 5.67. The molecule has 0 saturated carbocycles. The molecule has 1 aromatic rings. The third-order valence-corrected chi connectivity index (χ3v) is 3.26. The minimum atomic E-state index is -0.358. The summed E-state index contributed by atoms with van der Waals surface area (Å²) in [5, 5.41) is 0. The highest BCUT2D eigenvalue weighted by atomic mass is 19.1. The lowest BCUT2D eigenvalue weighted by atomic mass is 9.99. The lowest BCUT2D eigenvalue weighted by Crippen LogP contribution is -2.41. The van der Waals surface area contributed by atoms with E-state index in [1.807, 2.05) is 0 Å². The Kier molecular flexibility index (Phi) is 4.60. The molecule has 0 aromatic heterocycles. The van der Waals surface area contributed by atoms with E-state index in [1.165, 1.54) is 13.2 Å². The van der Waals surface area contributed by atoms with Gasteiger partial charge in [-0.2, -0.15) is 0 Å². The third kappa shape index (κ3) is 3.59. The molecule has 0 N–H and O–H groups in total. The van der Waals surface area contributed by atoms with Crippen LogP contribution in [0.3, 0.4) is 0 Å². The molecule has 0 spiro atoms. The van der Waals surface area contributed by atoms with Crippen LogP contribution in [0.25, 0.3) is 0 Å². The zero-order valence-corrected chi connectivity index (χ0v) is 11.0. The number of hydrogen-bond donors (Lipinski definition) is 0. The minimum absolute atomic E-state index is 0.215. The van der Waals surface area contributed by atoms with Crippen LogP contribution in [0, 0.1) is 11.7 Å². The van der Waals surface area contributed by atoms with E-state index in [2.05, 4.69) is 0 Å². The van der Waals surface area contributed by atoms with E-state index in [-0.39, 0.29) is 23.6 Å². The lowest BCUT2D eigenvalue weighted by molar-refractivity contribution is 0.0897. The first-order valence-electron chi connectivity index (χ1n) is 6.41. The molecule has 1 heterocycles. The second-order valence-corrected chi connectivity index (χ2v) is 4.67. The van der Waals surface area contributed by atoms with Gasteiger partial charge in [0.1, 0.15) is 0 Å². The number of halogens is 1. The van der Waals surface area contributed by atoms with Gasteiger partial charge in [0.05, 0.1) is 13.7 Å². The first-order chi connectivity index (χ1) is 9.20. The molecule has 1 aliphatic rings. The highest BCUT2D eigenvalue weighted by Gasteiger charge is 2.24. The number of carbonyl (C=O) groups is 1. The number of likely N-dealkylation sites (tertiary alicyclic amines) is 1.